The van der Waals surface area contributed by atoms with Crippen molar-refractivity contribution in [1.82, 2.24) is 25.2 Å². The molecule has 4 aromatic rings. The molecule has 10 nitrogen and oxygen atoms in total. The van der Waals surface area contributed by atoms with E-state index in [9.17, 15) is 22.4 Å². The summed E-state index contributed by atoms with van der Waals surface area (Å²) in [5.41, 5.74) is 0.428. The van der Waals surface area contributed by atoms with Crippen LogP contribution in [0.4, 0.5) is 28.0 Å². The van der Waals surface area contributed by atoms with Gasteiger partial charge in [0.05, 0.1) is 13.2 Å². The SMILES string of the molecule is O=C(Nc1cccc(-c2nc(Cc3c(F)cc(-c4nnc(C(F)F)o4)cc3F)no2)c1)N1CCOCC1. The van der Waals surface area contributed by atoms with Gasteiger partial charge in [-0.05, 0) is 30.3 Å². The predicted octanol–water partition coefficient (Wildman–Crippen LogP) is 4.46. The Balaban J connectivity index is 1.30. The molecule has 1 aliphatic rings. The van der Waals surface area contributed by atoms with Crippen LogP contribution in [0.25, 0.3) is 22.9 Å². The molecule has 0 atom stereocenters. The summed E-state index contributed by atoms with van der Waals surface area (Å²) in [5.74, 6) is -3.27. The van der Waals surface area contributed by atoms with Gasteiger partial charge in [0.25, 0.3) is 11.8 Å². The molecule has 37 heavy (non-hydrogen) atoms. The van der Waals surface area contributed by atoms with Crippen molar-refractivity contribution in [2.45, 2.75) is 12.8 Å². The van der Waals surface area contributed by atoms with Crippen molar-refractivity contribution in [3.8, 4) is 22.9 Å². The van der Waals surface area contributed by atoms with Crippen molar-refractivity contribution in [3.63, 3.8) is 0 Å². The molecular formula is C23H18F4N6O4. The van der Waals surface area contributed by atoms with Gasteiger partial charge in [0.15, 0.2) is 5.82 Å². The molecule has 0 radical (unpaired) electrons. The normalized spacial score (nSPS) is 13.8. The average molecular weight is 518 g/mol. The summed E-state index contributed by atoms with van der Waals surface area (Å²) in [6.07, 6.45) is -3.36. The second kappa shape index (κ2) is 10.3. The van der Waals surface area contributed by atoms with Crippen LogP contribution < -0.4 is 5.32 Å². The molecule has 0 spiro atoms. The highest BCUT2D eigenvalue weighted by atomic mass is 19.3. The Morgan fingerprint density at radius 1 is 1.03 bits per heavy atom. The number of ether oxygens (including phenoxy) is 1. The fourth-order valence-corrected chi connectivity index (χ4v) is 3.63. The van der Waals surface area contributed by atoms with Crippen molar-refractivity contribution < 1.29 is 36.0 Å². The first-order valence-corrected chi connectivity index (χ1v) is 11.0. The zero-order valence-corrected chi connectivity index (χ0v) is 19.0. The largest absolute Gasteiger partial charge is 0.415 e. The number of amides is 2. The number of benzene rings is 2. The van der Waals surface area contributed by atoms with Crippen LogP contribution in [0.5, 0.6) is 0 Å². The Morgan fingerprint density at radius 2 is 1.78 bits per heavy atom. The Morgan fingerprint density at radius 3 is 2.49 bits per heavy atom. The topological polar surface area (TPSA) is 119 Å². The Hall–Kier alpha value is -4.33. The average Bonchev–Trinajstić information content (AvgIpc) is 3.57. The van der Waals surface area contributed by atoms with Crippen LogP contribution in [-0.4, -0.2) is 57.6 Å². The van der Waals surface area contributed by atoms with E-state index in [4.69, 9.17) is 13.7 Å². The number of alkyl halides is 2. The molecule has 1 N–H and O–H groups in total. The fourth-order valence-electron chi connectivity index (χ4n) is 3.63. The lowest BCUT2D eigenvalue weighted by molar-refractivity contribution is 0.0564. The molecule has 0 bridgehead atoms. The number of urea groups is 1. The zero-order valence-electron chi connectivity index (χ0n) is 19.0. The summed E-state index contributed by atoms with van der Waals surface area (Å²) >= 11 is 0. The monoisotopic (exact) mass is 518 g/mol. The molecule has 2 aromatic carbocycles. The van der Waals surface area contributed by atoms with Crippen molar-refractivity contribution in [3.05, 3.63) is 65.3 Å². The molecule has 5 rings (SSSR count). The molecule has 1 fully saturated rings. The van der Waals surface area contributed by atoms with E-state index in [0.29, 0.717) is 37.6 Å². The fraction of sp³-hybridized carbons (Fsp3) is 0.261. The number of anilines is 1. The maximum absolute atomic E-state index is 14.7. The molecule has 1 aliphatic heterocycles. The van der Waals surface area contributed by atoms with E-state index >= 15 is 0 Å². The van der Waals surface area contributed by atoms with Crippen LogP contribution >= 0.6 is 0 Å². The summed E-state index contributed by atoms with van der Waals surface area (Å²) in [5, 5.41) is 13.1. The predicted molar refractivity (Wildman–Crippen MR) is 119 cm³/mol. The molecule has 0 saturated carbocycles. The number of rotatable bonds is 6. The quantitative estimate of drug-likeness (QED) is 0.372. The first-order chi connectivity index (χ1) is 17.9. The van der Waals surface area contributed by atoms with E-state index in [1.165, 1.54) is 0 Å². The van der Waals surface area contributed by atoms with Gasteiger partial charge in [-0.3, -0.25) is 0 Å². The molecule has 0 unspecified atom stereocenters. The third kappa shape index (κ3) is 5.43. The van der Waals surface area contributed by atoms with E-state index < -0.39 is 29.8 Å². The third-order valence-electron chi connectivity index (χ3n) is 5.48. The number of halogens is 4. The van der Waals surface area contributed by atoms with E-state index in [1.54, 1.807) is 29.2 Å². The molecular weight excluding hydrogens is 500 g/mol. The highest BCUT2D eigenvalue weighted by molar-refractivity contribution is 5.90. The second-order valence-corrected chi connectivity index (χ2v) is 7.97. The van der Waals surface area contributed by atoms with E-state index in [0.717, 1.165) is 12.1 Å². The molecule has 14 heteroatoms. The van der Waals surface area contributed by atoms with E-state index in [-0.39, 0.29) is 35.3 Å². The van der Waals surface area contributed by atoms with Gasteiger partial charge in [0.1, 0.15) is 11.6 Å². The first-order valence-electron chi connectivity index (χ1n) is 11.0. The minimum absolute atomic E-state index is 0.00100. The van der Waals surface area contributed by atoms with Gasteiger partial charge < -0.3 is 23.9 Å². The van der Waals surface area contributed by atoms with E-state index in [2.05, 4.69) is 25.7 Å². The van der Waals surface area contributed by atoms with Gasteiger partial charge in [-0.1, -0.05) is 11.2 Å². The molecule has 192 valence electrons. The lowest BCUT2D eigenvalue weighted by atomic mass is 10.1. The van der Waals surface area contributed by atoms with Gasteiger partial charge in [0, 0.05) is 41.9 Å². The highest BCUT2D eigenvalue weighted by Crippen LogP contribution is 2.28. The van der Waals surface area contributed by atoms with Crippen molar-refractivity contribution in [2.75, 3.05) is 31.6 Å². The van der Waals surface area contributed by atoms with Crippen LogP contribution in [0, 0.1) is 11.6 Å². The summed E-state index contributed by atoms with van der Waals surface area (Å²) in [4.78, 5) is 18.2. The maximum atomic E-state index is 14.7. The standard InChI is InChI=1S/C23H18F4N6O4/c24-16-9-13(21-30-31-22(36-21)19(26)27)10-17(25)15(16)11-18-29-20(37-32-18)12-2-1-3-14(8-12)28-23(34)33-4-6-35-7-5-33/h1-3,8-10,19H,4-7,11H2,(H,28,34). The number of nitrogens with one attached hydrogen (secondary N) is 1. The molecule has 0 aliphatic carbocycles. The van der Waals surface area contributed by atoms with Gasteiger partial charge in [-0.2, -0.15) is 13.8 Å². The molecule has 2 amide bonds. The Labute approximate surface area is 206 Å². The summed E-state index contributed by atoms with van der Waals surface area (Å²) in [7, 11) is 0. The summed E-state index contributed by atoms with van der Waals surface area (Å²) < 4.78 is 69.9. The minimum atomic E-state index is -3.01. The number of hydrogen-bond donors (Lipinski definition) is 1. The second-order valence-electron chi connectivity index (χ2n) is 7.97. The van der Waals surface area contributed by atoms with Crippen LogP contribution in [-0.2, 0) is 11.2 Å². The van der Waals surface area contributed by atoms with Gasteiger partial charge in [0.2, 0.25) is 5.89 Å². The number of carbonyl (C=O) groups is 1. The van der Waals surface area contributed by atoms with Crippen LogP contribution in [0.2, 0.25) is 0 Å². The maximum Gasteiger partial charge on any atom is 0.321 e. The van der Waals surface area contributed by atoms with Crippen molar-refractivity contribution >= 4 is 11.7 Å². The zero-order chi connectivity index (χ0) is 25.9. The van der Waals surface area contributed by atoms with Gasteiger partial charge >= 0.3 is 12.5 Å². The summed E-state index contributed by atoms with van der Waals surface area (Å²) in [6, 6.07) is 8.19. The number of morpholine rings is 1. The summed E-state index contributed by atoms with van der Waals surface area (Å²) in [6.45, 7) is 1.91. The van der Waals surface area contributed by atoms with E-state index in [1.807, 2.05) is 0 Å². The van der Waals surface area contributed by atoms with Crippen LogP contribution in [0.3, 0.4) is 0 Å². The van der Waals surface area contributed by atoms with Crippen LogP contribution in [0.1, 0.15) is 23.7 Å². The smallest absolute Gasteiger partial charge is 0.321 e. The Kier molecular flexibility index (Phi) is 6.81. The van der Waals surface area contributed by atoms with Gasteiger partial charge in [-0.15, -0.1) is 10.2 Å². The lowest BCUT2D eigenvalue weighted by Gasteiger charge is -2.26. The number of carbonyl (C=O) groups excluding carboxylic acids is 1. The molecule has 3 heterocycles. The number of hydrogen-bond acceptors (Lipinski definition) is 8. The molecule has 1 saturated heterocycles. The Bertz CT molecular complexity index is 1400. The minimum Gasteiger partial charge on any atom is -0.415 e. The number of aromatic nitrogens is 4. The third-order valence-corrected chi connectivity index (χ3v) is 5.48. The molecule has 2 aromatic heterocycles. The number of nitrogens with zero attached hydrogens (tertiary/aromatic N) is 5. The van der Waals surface area contributed by atoms with Crippen molar-refractivity contribution in [1.29, 1.82) is 0 Å². The lowest BCUT2D eigenvalue weighted by Crippen LogP contribution is -2.43. The highest BCUT2D eigenvalue weighted by Gasteiger charge is 2.22. The van der Waals surface area contributed by atoms with Gasteiger partial charge in [-0.25, -0.2) is 13.6 Å². The van der Waals surface area contributed by atoms with Crippen LogP contribution in [0.15, 0.2) is 45.3 Å². The van der Waals surface area contributed by atoms with Crippen molar-refractivity contribution in [2.24, 2.45) is 0 Å². The first kappa shape index (κ1) is 24.4.